The highest BCUT2D eigenvalue weighted by Crippen LogP contribution is 2.21. The maximum Gasteiger partial charge on any atom is 0.253 e. The van der Waals surface area contributed by atoms with Gasteiger partial charge >= 0.3 is 0 Å². The highest BCUT2D eigenvalue weighted by molar-refractivity contribution is 9.10. The van der Waals surface area contributed by atoms with Crippen LogP contribution in [0.1, 0.15) is 29.1 Å². The van der Waals surface area contributed by atoms with Crippen LogP contribution in [-0.2, 0) is 11.8 Å². The maximum atomic E-state index is 12.5. The minimum atomic E-state index is -0.362. The lowest BCUT2D eigenvalue weighted by atomic mass is 10.2. The molecule has 0 saturated carbocycles. The Kier molecular flexibility index (Phi) is 7.52. The molecule has 0 aliphatic rings. The number of amides is 2. The maximum absolute atomic E-state index is 12.5. The van der Waals surface area contributed by atoms with Gasteiger partial charge in [-0.3, -0.25) is 9.59 Å². The molecule has 7 nitrogen and oxygen atoms in total. The molecule has 2 aromatic carbocycles. The number of rotatable bonds is 7. The molecule has 0 aliphatic carbocycles. The Hall–Kier alpha value is -2.36. The average Bonchev–Trinajstić information content (AvgIpc) is 3.09. The Morgan fingerprint density at radius 2 is 1.87 bits per heavy atom. The van der Waals surface area contributed by atoms with Crippen LogP contribution in [0.3, 0.4) is 0 Å². The highest BCUT2D eigenvalue weighted by Gasteiger charge is 2.20. The summed E-state index contributed by atoms with van der Waals surface area (Å²) < 4.78 is 2.49. The molecule has 3 aromatic rings. The van der Waals surface area contributed by atoms with Crippen LogP contribution in [0.15, 0.2) is 58.2 Å². The summed E-state index contributed by atoms with van der Waals surface area (Å²) in [6.07, 6.45) is 0. The summed E-state index contributed by atoms with van der Waals surface area (Å²) in [7, 11) is 1.80. The Morgan fingerprint density at radius 1 is 1.17 bits per heavy atom. The molecule has 0 radical (unpaired) electrons. The van der Waals surface area contributed by atoms with E-state index in [9.17, 15) is 9.59 Å². The molecule has 1 heterocycles. The number of hydrogen-bond donors (Lipinski definition) is 2. The molecule has 0 fully saturated rings. The number of anilines is 1. The second kappa shape index (κ2) is 10.1. The number of halogens is 2. The summed E-state index contributed by atoms with van der Waals surface area (Å²) in [5, 5.41) is 15.2. The quantitative estimate of drug-likeness (QED) is 0.460. The SMILES string of the molecule is CC(NC(=O)c1ccccc1Br)c1nnc(SCC(=O)Nc2ccc(Cl)cc2)n1C. The van der Waals surface area contributed by atoms with E-state index in [0.717, 1.165) is 4.47 Å². The summed E-state index contributed by atoms with van der Waals surface area (Å²) in [4.78, 5) is 24.7. The van der Waals surface area contributed by atoms with Gasteiger partial charge in [-0.15, -0.1) is 10.2 Å². The van der Waals surface area contributed by atoms with Gasteiger partial charge in [0, 0.05) is 22.2 Å². The average molecular weight is 509 g/mol. The van der Waals surface area contributed by atoms with E-state index in [1.807, 2.05) is 19.1 Å². The molecule has 1 aromatic heterocycles. The summed E-state index contributed by atoms with van der Waals surface area (Å²) in [5.41, 5.74) is 1.21. The lowest BCUT2D eigenvalue weighted by molar-refractivity contribution is -0.113. The standard InChI is InChI=1S/C20H19BrClN5O2S/c1-12(23-19(29)15-5-3-4-6-16(15)21)18-25-26-20(27(18)2)30-11-17(28)24-14-9-7-13(22)8-10-14/h3-10,12H,11H2,1-2H3,(H,23,29)(H,24,28). The molecule has 30 heavy (non-hydrogen) atoms. The minimum Gasteiger partial charge on any atom is -0.342 e. The van der Waals surface area contributed by atoms with Crippen LogP contribution in [-0.4, -0.2) is 32.3 Å². The molecule has 0 aliphatic heterocycles. The third-order valence-electron chi connectivity index (χ3n) is 4.18. The number of carbonyl (C=O) groups excluding carboxylic acids is 2. The van der Waals surface area contributed by atoms with Crippen molar-refractivity contribution in [3.05, 3.63) is 69.4 Å². The monoisotopic (exact) mass is 507 g/mol. The molecular formula is C20H19BrClN5O2S. The van der Waals surface area contributed by atoms with E-state index in [0.29, 0.717) is 27.3 Å². The first kappa shape index (κ1) is 22.3. The van der Waals surface area contributed by atoms with Crippen LogP contribution < -0.4 is 10.6 Å². The van der Waals surface area contributed by atoms with Crippen LogP contribution >= 0.6 is 39.3 Å². The van der Waals surface area contributed by atoms with Crippen molar-refractivity contribution in [1.29, 1.82) is 0 Å². The number of hydrogen-bond acceptors (Lipinski definition) is 5. The van der Waals surface area contributed by atoms with Crippen molar-refractivity contribution in [3.63, 3.8) is 0 Å². The van der Waals surface area contributed by atoms with Gasteiger partial charge in [-0.2, -0.15) is 0 Å². The zero-order valence-corrected chi connectivity index (χ0v) is 19.4. The van der Waals surface area contributed by atoms with E-state index < -0.39 is 0 Å². The Balaban J connectivity index is 1.58. The van der Waals surface area contributed by atoms with Gasteiger partial charge in [-0.25, -0.2) is 0 Å². The van der Waals surface area contributed by atoms with Gasteiger partial charge in [0.15, 0.2) is 11.0 Å². The van der Waals surface area contributed by atoms with Crippen LogP contribution in [0, 0.1) is 0 Å². The Labute approximate surface area is 191 Å². The first-order valence-electron chi connectivity index (χ1n) is 8.98. The second-order valence-electron chi connectivity index (χ2n) is 6.42. The second-order valence-corrected chi connectivity index (χ2v) is 8.65. The van der Waals surface area contributed by atoms with Gasteiger partial charge in [0.25, 0.3) is 5.91 Å². The molecule has 2 amide bonds. The molecule has 1 unspecified atom stereocenters. The molecular weight excluding hydrogens is 490 g/mol. The van der Waals surface area contributed by atoms with E-state index in [1.165, 1.54) is 11.8 Å². The lowest BCUT2D eigenvalue weighted by Crippen LogP contribution is -2.28. The zero-order chi connectivity index (χ0) is 21.7. The van der Waals surface area contributed by atoms with Gasteiger partial charge in [0.05, 0.1) is 17.4 Å². The molecule has 0 bridgehead atoms. The van der Waals surface area contributed by atoms with Crippen LogP contribution in [0.4, 0.5) is 5.69 Å². The van der Waals surface area contributed by atoms with E-state index in [-0.39, 0.29) is 23.6 Å². The minimum absolute atomic E-state index is 0.165. The number of aromatic nitrogens is 3. The van der Waals surface area contributed by atoms with E-state index in [2.05, 4.69) is 36.8 Å². The van der Waals surface area contributed by atoms with Gasteiger partial charge in [-0.1, -0.05) is 35.5 Å². The summed E-state index contributed by atoms with van der Waals surface area (Å²) >= 11 is 10.5. The topological polar surface area (TPSA) is 88.9 Å². The number of carbonyl (C=O) groups is 2. The van der Waals surface area contributed by atoms with Gasteiger partial charge in [0.1, 0.15) is 0 Å². The number of benzene rings is 2. The number of thioether (sulfide) groups is 1. The summed E-state index contributed by atoms with van der Waals surface area (Å²) in [6.45, 7) is 1.83. The van der Waals surface area contributed by atoms with Crippen LogP contribution in [0.2, 0.25) is 5.02 Å². The normalized spacial score (nSPS) is 11.7. The third kappa shape index (κ3) is 5.62. The van der Waals surface area contributed by atoms with E-state index in [4.69, 9.17) is 11.6 Å². The highest BCUT2D eigenvalue weighted by atomic mass is 79.9. The number of nitrogens with one attached hydrogen (secondary N) is 2. The third-order valence-corrected chi connectivity index (χ3v) is 6.15. The van der Waals surface area contributed by atoms with Crippen molar-refractivity contribution in [2.45, 2.75) is 18.1 Å². The summed E-state index contributed by atoms with van der Waals surface area (Å²) in [5.74, 6) is 0.388. The zero-order valence-electron chi connectivity index (χ0n) is 16.2. The van der Waals surface area contributed by atoms with Crippen molar-refractivity contribution in [2.75, 3.05) is 11.1 Å². The molecule has 156 valence electrons. The fourth-order valence-corrected chi connectivity index (χ4v) is 3.98. The molecule has 3 rings (SSSR count). The van der Waals surface area contributed by atoms with Crippen LogP contribution in [0.5, 0.6) is 0 Å². The largest absolute Gasteiger partial charge is 0.342 e. The molecule has 10 heteroatoms. The fourth-order valence-electron chi connectivity index (χ4n) is 2.67. The van der Waals surface area contributed by atoms with E-state index >= 15 is 0 Å². The van der Waals surface area contributed by atoms with Crippen molar-refractivity contribution in [1.82, 2.24) is 20.1 Å². The van der Waals surface area contributed by atoms with E-state index in [1.54, 1.807) is 48.0 Å². The predicted molar refractivity (Wildman–Crippen MR) is 122 cm³/mol. The first-order valence-corrected chi connectivity index (χ1v) is 11.1. The Bertz CT molecular complexity index is 1060. The molecule has 2 N–H and O–H groups in total. The van der Waals surface area contributed by atoms with Crippen molar-refractivity contribution in [2.24, 2.45) is 7.05 Å². The molecule has 0 saturated heterocycles. The van der Waals surface area contributed by atoms with Gasteiger partial charge in [-0.05, 0) is 59.3 Å². The Morgan fingerprint density at radius 3 is 2.57 bits per heavy atom. The lowest BCUT2D eigenvalue weighted by Gasteiger charge is -2.14. The van der Waals surface area contributed by atoms with Crippen molar-refractivity contribution >= 4 is 56.8 Å². The summed E-state index contributed by atoms with van der Waals surface area (Å²) in [6, 6.07) is 13.7. The van der Waals surface area contributed by atoms with Gasteiger partial charge in [0.2, 0.25) is 5.91 Å². The van der Waals surface area contributed by atoms with Crippen molar-refractivity contribution in [3.8, 4) is 0 Å². The van der Waals surface area contributed by atoms with Crippen LogP contribution in [0.25, 0.3) is 0 Å². The van der Waals surface area contributed by atoms with Gasteiger partial charge < -0.3 is 15.2 Å². The fraction of sp³-hybridized carbons (Fsp3) is 0.200. The smallest absolute Gasteiger partial charge is 0.253 e. The molecule has 0 spiro atoms. The number of nitrogens with zero attached hydrogens (tertiary/aromatic N) is 3. The first-order chi connectivity index (χ1) is 14.3. The molecule has 1 atom stereocenters. The predicted octanol–water partition coefficient (Wildman–Crippen LogP) is 4.45. The van der Waals surface area contributed by atoms with Crippen molar-refractivity contribution < 1.29 is 9.59 Å².